The Bertz CT molecular complexity index is 470. The number of hydrogen-bond acceptors (Lipinski definition) is 4. The molecule has 0 saturated carbocycles. The third-order valence-corrected chi connectivity index (χ3v) is 3.80. The van der Waals surface area contributed by atoms with Gasteiger partial charge in [-0.2, -0.15) is 5.26 Å². The Morgan fingerprint density at radius 2 is 2.45 bits per heavy atom. The fraction of sp³-hybridized carbons (Fsp3) is 0.600. The first-order valence-electron chi connectivity index (χ1n) is 7.09. The Kier molecular flexibility index (Phi) is 4.80. The van der Waals surface area contributed by atoms with Crippen molar-refractivity contribution in [1.82, 2.24) is 10.2 Å². The highest BCUT2D eigenvalue weighted by atomic mass is 16.3. The van der Waals surface area contributed by atoms with E-state index in [4.69, 9.17) is 9.68 Å². The van der Waals surface area contributed by atoms with Crippen LogP contribution in [0.1, 0.15) is 38.4 Å². The SMILES string of the molecule is CC1(C(=O)N(CCC#N)Cc2ccco2)CCCCN1. The number of piperidine rings is 1. The van der Waals surface area contributed by atoms with Gasteiger partial charge in [0, 0.05) is 6.54 Å². The number of nitrogens with zero attached hydrogens (tertiary/aromatic N) is 2. The molecule has 1 aliphatic rings. The Hall–Kier alpha value is -1.80. The number of carbonyl (C=O) groups excluding carboxylic acids is 1. The van der Waals surface area contributed by atoms with Gasteiger partial charge in [-0.3, -0.25) is 4.79 Å². The Labute approximate surface area is 119 Å². The molecule has 0 spiro atoms. The zero-order valence-corrected chi connectivity index (χ0v) is 11.9. The Morgan fingerprint density at radius 1 is 1.60 bits per heavy atom. The highest BCUT2D eigenvalue weighted by Crippen LogP contribution is 2.22. The number of carbonyl (C=O) groups is 1. The molecule has 0 aliphatic carbocycles. The quantitative estimate of drug-likeness (QED) is 0.893. The molecular formula is C15H21N3O2. The molecule has 1 aliphatic heterocycles. The standard InChI is InChI=1S/C15H21N3O2/c1-15(7-2-3-9-17-15)14(19)18(10-5-8-16)12-13-6-4-11-20-13/h4,6,11,17H,2-3,5,7,9-10,12H2,1H3. The molecule has 1 atom stereocenters. The fourth-order valence-electron chi connectivity index (χ4n) is 2.62. The second kappa shape index (κ2) is 6.58. The minimum Gasteiger partial charge on any atom is -0.467 e. The van der Waals surface area contributed by atoms with Gasteiger partial charge in [-0.1, -0.05) is 0 Å². The van der Waals surface area contributed by atoms with E-state index < -0.39 is 5.54 Å². The molecule has 0 aromatic carbocycles. The first kappa shape index (κ1) is 14.6. The zero-order valence-electron chi connectivity index (χ0n) is 11.9. The lowest BCUT2D eigenvalue weighted by Gasteiger charge is -2.37. The smallest absolute Gasteiger partial charge is 0.243 e. The summed E-state index contributed by atoms with van der Waals surface area (Å²) >= 11 is 0. The van der Waals surface area contributed by atoms with Crippen molar-refractivity contribution in [1.29, 1.82) is 5.26 Å². The Morgan fingerprint density at radius 3 is 3.05 bits per heavy atom. The number of nitrogens with one attached hydrogen (secondary N) is 1. The van der Waals surface area contributed by atoms with Gasteiger partial charge in [-0.05, 0) is 44.9 Å². The summed E-state index contributed by atoms with van der Waals surface area (Å²) in [5.74, 6) is 0.805. The van der Waals surface area contributed by atoms with E-state index in [0.29, 0.717) is 19.5 Å². The van der Waals surface area contributed by atoms with Gasteiger partial charge in [0.2, 0.25) is 5.91 Å². The maximum Gasteiger partial charge on any atom is 0.243 e. The van der Waals surface area contributed by atoms with E-state index in [1.807, 2.05) is 19.1 Å². The average molecular weight is 275 g/mol. The van der Waals surface area contributed by atoms with E-state index in [-0.39, 0.29) is 5.91 Å². The molecule has 1 N–H and O–H groups in total. The molecule has 1 amide bonds. The largest absolute Gasteiger partial charge is 0.467 e. The van der Waals surface area contributed by atoms with E-state index >= 15 is 0 Å². The van der Waals surface area contributed by atoms with E-state index in [1.165, 1.54) is 0 Å². The van der Waals surface area contributed by atoms with Crippen LogP contribution in [0.3, 0.4) is 0 Å². The molecular weight excluding hydrogens is 254 g/mol. The van der Waals surface area contributed by atoms with Crippen LogP contribution in [0.5, 0.6) is 0 Å². The first-order valence-corrected chi connectivity index (χ1v) is 7.09. The third-order valence-electron chi connectivity index (χ3n) is 3.80. The minimum absolute atomic E-state index is 0.0591. The average Bonchev–Trinajstić information content (AvgIpc) is 2.96. The van der Waals surface area contributed by atoms with Crippen molar-refractivity contribution in [2.75, 3.05) is 13.1 Å². The highest BCUT2D eigenvalue weighted by Gasteiger charge is 2.37. The van der Waals surface area contributed by atoms with Gasteiger partial charge < -0.3 is 14.6 Å². The van der Waals surface area contributed by atoms with Gasteiger partial charge in [0.25, 0.3) is 0 Å². The molecule has 20 heavy (non-hydrogen) atoms. The fourth-order valence-corrected chi connectivity index (χ4v) is 2.62. The summed E-state index contributed by atoms with van der Waals surface area (Å²) in [6, 6.07) is 5.76. The molecule has 2 heterocycles. The predicted molar refractivity (Wildman–Crippen MR) is 74.6 cm³/mol. The molecule has 1 saturated heterocycles. The van der Waals surface area contributed by atoms with Crippen molar-refractivity contribution in [3.8, 4) is 6.07 Å². The summed E-state index contributed by atoms with van der Waals surface area (Å²) in [5, 5.41) is 12.1. The van der Waals surface area contributed by atoms with Gasteiger partial charge in [-0.15, -0.1) is 0 Å². The topological polar surface area (TPSA) is 69.3 Å². The molecule has 108 valence electrons. The van der Waals surface area contributed by atoms with Crippen molar-refractivity contribution in [2.45, 2.75) is 44.7 Å². The van der Waals surface area contributed by atoms with Crippen LogP contribution in [0.4, 0.5) is 0 Å². The van der Waals surface area contributed by atoms with Gasteiger partial charge in [-0.25, -0.2) is 0 Å². The third kappa shape index (κ3) is 3.40. The second-order valence-corrected chi connectivity index (χ2v) is 5.43. The number of nitriles is 1. The number of amides is 1. The van der Waals surface area contributed by atoms with E-state index in [9.17, 15) is 4.79 Å². The second-order valence-electron chi connectivity index (χ2n) is 5.43. The van der Waals surface area contributed by atoms with Crippen LogP contribution in [0.15, 0.2) is 22.8 Å². The maximum atomic E-state index is 12.8. The molecule has 0 radical (unpaired) electrons. The molecule has 2 rings (SSSR count). The van der Waals surface area contributed by atoms with E-state index in [2.05, 4.69) is 11.4 Å². The predicted octanol–water partition coefficient (Wildman–Crippen LogP) is 2.05. The van der Waals surface area contributed by atoms with E-state index in [1.54, 1.807) is 11.2 Å². The lowest BCUT2D eigenvalue weighted by atomic mass is 9.89. The van der Waals surface area contributed by atoms with Crippen LogP contribution in [-0.4, -0.2) is 29.4 Å². The minimum atomic E-state index is -0.514. The number of furan rings is 1. The summed E-state index contributed by atoms with van der Waals surface area (Å²) < 4.78 is 5.32. The summed E-state index contributed by atoms with van der Waals surface area (Å²) in [6.07, 6.45) is 4.94. The van der Waals surface area contributed by atoms with E-state index in [0.717, 1.165) is 31.6 Å². The van der Waals surface area contributed by atoms with Gasteiger partial charge >= 0.3 is 0 Å². The molecule has 1 aromatic heterocycles. The van der Waals surface area contributed by atoms with Gasteiger partial charge in [0.15, 0.2) is 0 Å². The molecule has 5 heteroatoms. The number of rotatable bonds is 5. The van der Waals surface area contributed by atoms with Crippen molar-refractivity contribution in [3.05, 3.63) is 24.2 Å². The Balaban J connectivity index is 2.08. The van der Waals surface area contributed by atoms with Crippen LogP contribution in [0, 0.1) is 11.3 Å². The first-order chi connectivity index (χ1) is 9.65. The van der Waals surface area contributed by atoms with Crippen LogP contribution in [-0.2, 0) is 11.3 Å². The van der Waals surface area contributed by atoms with Crippen LogP contribution in [0.2, 0.25) is 0 Å². The van der Waals surface area contributed by atoms with Crippen molar-refractivity contribution in [2.24, 2.45) is 0 Å². The van der Waals surface area contributed by atoms with Gasteiger partial charge in [0.1, 0.15) is 5.76 Å². The number of hydrogen-bond donors (Lipinski definition) is 1. The molecule has 0 bridgehead atoms. The lowest BCUT2D eigenvalue weighted by Crippen LogP contribution is -2.57. The highest BCUT2D eigenvalue weighted by molar-refractivity contribution is 5.86. The van der Waals surface area contributed by atoms with Crippen LogP contribution in [0.25, 0.3) is 0 Å². The summed E-state index contributed by atoms with van der Waals surface area (Å²) in [6.45, 7) is 3.68. The lowest BCUT2D eigenvalue weighted by molar-refractivity contribution is -0.139. The molecule has 1 unspecified atom stereocenters. The molecule has 5 nitrogen and oxygen atoms in total. The van der Waals surface area contributed by atoms with Crippen molar-refractivity contribution < 1.29 is 9.21 Å². The van der Waals surface area contributed by atoms with Crippen molar-refractivity contribution in [3.63, 3.8) is 0 Å². The molecule has 1 fully saturated rings. The monoisotopic (exact) mass is 275 g/mol. The van der Waals surface area contributed by atoms with Gasteiger partial charge in [0.05, 0.1) is 30.8 Å². The van der Waals surface area contributed by atoms with Crippen LogP contribution >= 0.6 is 0 Å². The van der Waals surface area contributed by atoms with Crippen LogP contribution < -0.4 is 5.32 Å². The van der Waals surface area contributed by atoms with Crippen molar-refractivity contribution >= 4 is 5.91 Å². The summed E-state index contributed by atoms with van der Waals surface area (Å²) in [7, 11) is 0. The summed E-state index contributed by atoms with van der Waals surface area (Å²) in [5.41, 5.74) is -0.514. The molecule has 1 aromatic rings. The zero-order chi connectivity index (χ0) is 14.4. The normalized spacial score (nSPS) is 22.2. The maximum absolute atomic E-state index is 12.8. The summed E-state index contributed by atoms with van der Waals surface area (Å²) in [4.78, 5) is 14.5.